The lowest BCUT2D eigenvalue weighted by Gasteiger charge is -2.50. The van der Waals surface area contributed by atoms with Crippen LogP contribution in [0.25, 0.3) is 0 Å². The minimum Gasteiger partial charge on any atom is -0.383 e. The van der Waals surface area contributed by atoms with Gasteiger partial charge >= 0.3 is 0 Å². The van der Waals surface area contributed by atoms with E-state index in [4.69, 9.17) is 4.74 Å². The van der Waals surface area contributed by atoms with Gasteiger partial charge in [0.25, 0.3) is 0 Å². The van der Waals surface area contributed by atoms with Crippen molar-refractivity contribution in [2.24, 2.45) is 0 Å². The van der Waals surface area contributed by atoms with Crippen molar-refractivity contribution in [1.29, 1.82) is 0 Å². The summed E-state index contributed by atoms with van der Waals surface area (Å²) in [4.78, 5) is 16.8. The number of nitrogens with one attached hydrogen (secondary N) is 1. The van der Waals surface area contributed by atoms with E-state index in [0.29, 0.717) is 12.5 Å². The maximum atomic E-state index is 12.6. The highest BCUT2D eigenvalue weighted by Gasteiger charge is 2.47. The predicted molar refractivity (Wildman–Crippen MR) is 65.9 cm³/mol. The molecule has 0 saturated carbocycles. The summed E-state index contributed by atoms with van der Waals surface area (Å²) in [5.41, 5.74) is -0.253. The number of nitrogens with zero attached hydrogens (tertiary/aromatic N) is 2. The molecule has 2 saturated heterocycles. The molecule has 0 radical (unpaired) electrons. The van der Waals surface area contributed by atoms with Crippen molar-refractivity contribution in [3.8, 4) is 0 Å². The average molecular weight is 241 g/mol. The molecule has 1 N–H and O–H groups in total. The van der Waals surface area contributed by atoms with E-state index in [1.165, 1.54) is 0 Å². The number of amides is 1. The zero-order valence-electron chi connectivity index (χ0n) is 10.9. The quantitative estimate of drug-likeness (QED) is 0.725. The SMILES string of the molecule is COCCN1CCN(C)C2(CCNCC2)C1=O. The number of hydrogen-bond donors (Lipinski definition) is 1. The third-order valence-electron chi connectivity index (χ3n) is 4.12. The van der Waals surface area contributed by atoms with Crippen LogP contribution in [-0.2, 0) is 9.53 Å². The van der Waals surface area contributed by atoms with Gasteiger partial charge in [-0.25, -0.2) is 0 Å². The molecule has 0 aliphatic carbocycles. The largest absolute Gasteiger partial charge is 0.383 e. The Kier molecular flexibility index (Phi) is 4.01. The standard InChI is InChI=1S/C12H23N3O2/c1-14-7-8-15(9-10-17-2)11(16)12(14)3-5-13-6-4-12/h13H,3-10H2,1-2H3. The number of piperazine rings is 1. The Morgan fingerprint density at radius 3 is 2.71 bits per heavy atom. The normalized spacial score (nSPS) is 25.5. The second-order valence-electron chi connectivity index (χ2n) is 4.99. The van der Waals surface area contributed by atoms with E-state index in [2.05, 4.69) is 17.3 Å². The highest BCUT2D eigenvalue weighted by molar-refractivity contribution is 5.87. The third kappa shape index (κ3) is 2.32. The molecule has 2 rings (SSSR count). The number of piperidine rings is 1. The summed E-state index contributed by atoms with van der Waals surface area (Å²) in [6.45, 7) is 5.02. The Morgan fingerprint density at radius 2 is 2.06 bits per heavy atom. The highest BCUT2D eigenvalue weighted by Crippen LogP contribution is 2.30. The molecule has 0 unspecified atom stereocenters. The summed E-state index contributed by atoms with van der Waals surface area (Å²) in [6, 6.07) is 0. The van der Waals surface area contributed by atoms with E-state index >= 15 is 0 Å². The minimum absolute atomic E-state index is 0.253. The predicted octanol–water partition coefficient (Wildman–Crippen LogP) is -0.471. The number of methoxy groups -OCH3 is 1. The van der Waals surface area contributed by atoms with Crippen LogP contribution in [0.3, 0.4) is 0 Å². The summed E-state index contributed by atoms with van der Waals surface area (Å²) in [5.74, 6) is 0.296. The summed E-state index contributed by atoms with van der Waals surface area (Å²) < 4.78 is 5.08. The lowest BCUT2D eigenvalue weighted by atomic mass is 9.83. The topological polar surface area (TPSA) is 44.8 Å². The summed E-state index contributed by atoms with van der Waals surface area (Å²) in [6.07, 6.45) is 1.84. The molecule has 0 atom stereocenters. The minimum atomic E-state index is -0.253. The van der Waals surface area contributed by atoms with E-state index in [0.717, 1.165) is 45.6 Å². The molecule has 0 aromatic heterocycles. The molecule has 5 nitrogen and oxygen atoms in total. The molecule has 17 heavy (non-hydrogen) atoms. The van der Waals surface area contributed by atoms with Crippen LogP contribution in [-0.4, -0.2) is 74.7 Å². The monoisotopic (exact) mass is 241 g/mol. The second-order valence-corrected chi connectivity index (χ2v) is 4.99. The van der Waals surface area contributed by atoms with Gasteiger partial charge in [-0.05, 0) is 33.0 Å². The Balaban J connectivity index is 2.09. The number of likely N-dealkylation sites (N-methyl/N-ethyl adjacent to an activating group) is 1. The van der Waals surface area contributed by atoms with Gasteiger partial charge in [0, 0.05) is 26.7 Å². The lowest BCUT2D eigenvalue weighted by molar-refractivity contribution is -0.153. The van der Waals surface area contributed by atoms with E-state index in [1.54, 1.807) is 7.11 Å². The average Bonchev–Trinajstić information content (AvgIpc) is 2.37. The summed E-state index contributed by atoms with van der Waals surface area (Å²) in [5, 5.41) is 3.33. The fourth-order valence-corrected chi connectivity index (χ4v) is 2.89. The first-order valence-corrected chi connectivity index (χ1v) is 6.41. The fourth-order valence-electron chi connectivity index (χ4n) is 2.89. The van der Waals surface area contributed by atoms with Gasteiger partial charge in [-0.1, -0.05) is 0 Å². The van der Waals surface area contributed by atoms with Gasteiger partial charge in [-0.2, -0.15) is 0 Å². The molecule has 98 valence electrons. The zero-order chi connectivity index (χ0) is 12.3. The van der Waals surface area contributed by atoms with Crippen molar-refractivity contribution in [2.45, 2.75) is 18.4 Å². The van der Waals surface area contributed by atoms with Crippen molar-refractivity contribution < 1.29 is 9.53 Å². The van der Waals surface area contributed by atoms with Crippen LogP contribution in [0.5, 0.6) is 0 Å². The molecule has 1 amide bonds. The Bertz CT molecular complexity index is 275. The van der Waals surface area contributed by atoms with Crippen molar-refractivity contribution >= 4 is 5.91 Å². The lowest BCUT2D eigenvalue weighted by Crippen LogP contribution is -2.67. The Labute approximate surface area is 103 Å². The van der Waals surface area contributed by atoms with Crippen LogP contribution in [0, 0.1) is 0 Å². The van der Waals surface area contributed by atoms with Crippen LogP contribution in [0.15, 0.2) is 0 Å². The molecule has 0 aromatic carbocycles. The fraction of sp³-hybridized carbons (Fsp3) is 0.917. The van der Waals surface area contributed by atoms with Gasteiger partial charge in [0.15, 0.2) is 0 Å². The molecule has 2 heterocycles. The van der Waals surface area contributed by atoms with Crippen LogP contribution in [0.2, 0.25) is 0 Å². The molecular weight excluding hydrogens is 218 g/mol. The van der Waals surface area contributed by atoms with Crippen LogP contribution in [0.4, 0.5) is 0 Å². The maximum Gasteiger partial charge on any atom is 0.243 e. The molecule has 2 fully saturated rings. The van der Waals surface area contributed by atoms with Crippen LogP contribution >= 0.6 is 0 Å². The number of rotatable bonds is 3. The molecule has 5 heteroatoms. The first-order chi connectivity index (χ1) is 8.20. The number of hydrogen-bond acceptors (Lipinski definition) is 4. The van der Waals surface area contributed by atoms with Gasteiger partial charge in [-0.15, -0.1) is 0 Å². The van der Waals surface area contributed by atoms with Gasteiger partial charge in [0.05, 0.1) is 6.61 Å². The van der Waals surface area contributed by atoms with Crippen molar-refractivity contribution in [1.82, 2.24) is 15.1 Å². The molecule has 2 aliphatic heterocycles. The van der Waals surface area contributed by atoms with Gasteiger partial charge in [-0.3, -0.25) is 9.69 Å². The Hall–Kier alpha value is -0.650. The number of ether oxygens (including phenoxy) is 1. The summed E-state index contributed by atoms with van der Waals surface area (Å²) in [7, 11) is 3.76. The van der Waals surface area contributed by atoms with Crippen LogP contribution < -0.4 is 5.32 Å². The van der Waals surface area contributed by atoms with Gasteiger partial charge < -0.3 is 15.0 Å². The Morgan fingerprint density at radius 1 is 1.35 bits per heavy atom. The van der Waals surface area contributed by atoms with Crippen molar-refractivity contribution in [3.63, 3.8) is 0 Å². The van der Waals surface area contributed by atoms with E-state index < -0.39 is 0 Å². The first kappa shape index (κ1) is 12.8. The molecule has 0 aromatic rings. The molecule has 0 bridgehead atoms. The molecular formula is C12H23N3O2. The highest BCUT2D eigenvalue weighted by atomic mass is 16.5. The third-order valence-corrected chi connectivity index (χ3v) is 4.12. The zero-order valence-corrected chi connectivity index (χ0v) is 10.9. The van der Waals surface area contributed by atoms with E-state index in [1.807, 2.05) is 4.90 Å². The number of carbonyl (C=O) groups is 1. The van der Waals surface area contributed by atoms with Crippen LogP contribution in [0.1, 0.15) is 12.8 Å². The summed E-state index contributed by atoms with van der Waals surface area (Å²) >= 11 is 0. The smallest absolute Gasteiger partial charge is 0.243 e. The van der Waals surface area contributed by atoms with E-state index in [-0.39, 0.29) is 5.54 Å². The second kappa shape index (κ2) is 5.33. The maximum absolute atomic E-state index is 12.6. The van der Waals surface area contributed by atoms with Crippen molar-refractivity contribution in [2.75, 3.05) is 53.5 Å². The molecule has 1 spiro atoms. The molecule has 2 aliphatic rings. The first-order valence-electron chi connectivity index (χ1n) is 6.41. The van der Waals surface area contributed by atoms with Gasteiger partial charge in [0.1, 0.15) is 5.54 Å². The number of carbonyl (C=O) groups excluding carboxylic acids is 1. The van der Waals surface area contributed by atoms with Gasteiger partial charge in [0.2, 0.25) is 5.91 Å². The van der Waals surface area contributed by atoms with E-state index in [9.17, 15) is 4.79 Å². The van der Waals surface area contributed by atoms with Crippen molar-refractivity contribution in [3.05, 3.63) is 0 Å².